The maximum absolute atomic E-state index is 11.7. The van der Waals surface area contributed by atoms with Gasteiger partial charge in [-0.2, -0.15) is 5.10 Å². The molecule has 0 aliphatic rings. The molecule has 84 valence electrons. The predicted octanol–water partition coefficient (Wildman–Crippen LogP) is 2.36. The van der Waals surface area contributed by atoms with Crippen LogP contribution in [-0.4, -0.2) is 15.6 Å². The van der Waals surface area contributed by atoms with Crippen molar-refractivity contribution in [1.82, 2.24) is 9.78 Å². The second-order valence-electron chi connectivity index (χ2n) is 4.18. The Morgan fingerprint density at radius 2 is 2.33 bits per heavy atom. The van der Waals surface area contributed by atoms with Gasteiger partial charge in [-0.25, -0.2) is 0 Å². The van der Waals surface area contributed by atoms with Crippen molar-refractivity contribution in [2.45, 2.75) is 39.5 Å². The molecule has 0 aliphatic heterocycles. The Labute approximate surface area is 91.5 Å². The van der Waals surface area contributed by atoms with Crippen LogP contribution in [0.25, 0.3) is 0 Å². The third-order valence-electron chi connectivity index (χ3n) is 2.69. The highest BCUT2D eigenvalue weighted by Gasteiger charge is 2.11. The van der Waals surface area contributed by atoms with E-state index in [0.717, 1.165) is 24.8 Å². The number of carbonyl (C=O) groups excluding carboxylic acids is 1. The molecule has 1 aromatic heterocycles. The topological polar surface area (TPSA) is 34.9 Å². The van der Waals surface area contributed by atoms with Crippen molar-refractivity contribution in [3.63, 3.8) is 0 Å². The Kier molecular flexibility index (Phi) is 4.53. The fourth-order valence-electron chi connectivity index (χ4n) is 1.71. The summed E-state index contributed by atoms with van der Waals surface area (Å²) in [5.41, 5.74) is 1.15. The van der Waals surface area contributed by atoms with E-state index < -0.39 is 0 Å². The maximum atomic E-state index is 11.7. The van der Waals surface area contributed by atoms with Crippen molar-refractivity contribution in [2.75, 3.05) is 0 Å². The van der Waals surface area contributed by atoms with Crippen LogP contribution < -0.4 is 0 Å². The van der Waals surface area contributed by atoms with Crippen LogP contribution in [-0.2, 0) is 18.3 Å². The Bertz CT molecular complexity index is 317. The molecule has 0 saturated carbocycles. The third-order valence-corrected chi connectivity index (χ3v) is 2.69. The molecule has 0 saturated heterocycles. The standard InChI is InChI=1S/C12H20N2O/c1-4-5-10(2)12(15)7-6-11-8-13-14(3)9-11/h8-10H,4-7H2,1-3H3. The molecule has 3 nitrogen and oxygen atoms in total. The Morgan fingerprint density at radius 1 is 1.60 bits per heavy atom. The first kappa shape index (κ1) is 12.0. The van der Waals surface area contributed by atoms with E-state index in [4.69, 9.17) is 0 Å². The lowest BCUT2D eigenvalue weighted by Crippen LogP contribution is -2.11. The Morgan fingerprint density at radius 3 is 2.87 bits per heavy atom. The number of aryl methyl sites for hydroxylation is 2. The summed E-state index contributed by atoms with van der Waals surface area (Å²) in [5.74, 6) is 0.590. The van der Waals surface area contributed by atoms with Crippen LogP contribution in [0.2, 0.25) is 0 Å². The molecular weight excluding hydrogens is 188 g/mol. The molecule has 0 aliphatic carbocycles. The second kappa shape index (κ2) is 5.69. The molecule has 0 spiro atoms. The number of hydrogen-bond donors (Lipinski definition) is 0. The Hall–Kier alpha value is -1.12. The average molecular weight is 208 g/mol. The van der Waals surface area contributed by atoms with E-state index in [0.29, 0.717) is 12.2 Å². The SMILES string of the molecule is CCCC(C)C(=O)CCc1cnn(C)c1. The van der Waals surface area contributed by atoms with Crippen LogP contribution in [0.4, 0.5) is 0 Å². The van der Waals surface area contributed by atoms with Gasteiger partial charge < -0.3 is 0 Å². The van der Waals surface area contributed by atoms with Gasteiger partial charge in [0.25, 0.3) is 0 Å². The summed E-state index contributed by atoms with van der Waals surface area (Å²) >= 11 is 0. The van der Waals surface area contributed by atoms with Crippen LogP contribution in [0.1, 0.15) is 38.7 Å². The van der Waals surface area contributed by atoms with Crippen molar-refractivity contribution >= 4 is 5.78 Å². The van der Waals surface area contributed by atoms with E-state index in [1.54, 1.807) is 4.68 Å². The molecule has 0 bridgehead atoms. The lowest BCUT2D eigenvalue weighted by molar-refractivity contribution is -0.122. The van der Waals surface area contributed by atoms with Crippen molar-refractivity contribution < 1.29 is 4.79 Å². The first-order chi connectivity index (χ1) is 7.13. The molecule has 0 amide bonds. The number of ketones is 1. The van der Waals surface area contributed by atoms with Crippen molar-refractivity contribution in [3.05, 3.63) is 18.0 Å². The second-order valence-corrected chi connectivity index (χ2v) is 4.18. The van der Waals surface area contributed by atoms with Gasteiger partial charge in [0.15, 0.2) is 0 Å². The summed E-state index contributed by atoms with van der Waals surface area (Å²) in [6.07, 6.45) is 7.36. The van der Waals surface area contributed by atoms with Crippen LogP contribution in [0, 0.1) is 5.92 Å². The van der Waals surface area contributed by atoms with Gasteiger partial charge in [0.1, 0.15) is 5.78 Å². The van der Waals surface area contributed by atoms with Gasteiger partial charge in [0, 0.05) is 25.6 Å². The van der Waals surface area contributed by atoms with Gasteiger partial charge in [-0.05, 0) is 18.4 Å². The van der Waals surface area contributed by atoms with Gasteiger partial charge in [-0.3, -0.25) is 9.48 Å². The normalized spacial score (nSPS) is 12.7. The van der Waals surface area contributed by atoms with E-state index in [1.807, 2.05) is 26.4 Å². The minimum atomic E-state index is 0.215. The lowest BCUT2D eigenvalue weighted by atomic mass is 9.97. The quantitative estimate of drug-likeness (QED) is 0.719. The Balaban J connectivity index is 2.34. The van der Waals surface area contributed by atoms with E-state index in [9.17, 15) is 4.79 Å². The number of nitrogens with zero attached hydrogens (tertiary/aromatic N) is 2. The molecule has 0 aromatic carbocycles. The molecule has 0 radical (unpaired) electrons. The van der Waals surface area contributed by atoms with Crippen molar-refractivity contribution in [1.29, 1.82) is 0 Å². The number of hydrogen-bond acceptors (Lipinski definition) is 2. The van der Waals surface area contributed by atoms with Crippen molar-refractivity contribution in [2.24, 2.45) is 13.0 Å². The molecule has 1 unspecified atom stereocenters. The van der Waals surface area contributed by atoms with Crippen LogP contribution in [0.15, 0.2) is 12.4 Å². The first-order valence-corrected chi connectivity index (χ1v) is 5.63. The predicted molar refractivity (Wildman–Crippen MR) is 60.6 cm³/mol. The van der Waals surface area contributed by atoms with Crippen LogP contribution in [0.5, 0.6) is 0 Å². The molecule has 15 heavy (non-hydrogen) atoms. The molecule has 1 heterocycles. The average Bonchev–Trinajstić information content (AvgIpc) is 2.61. The van der Waals surface area contributed by atoms with Gasteiger partial charge in [-0.15, -0.1) is 0 Å². The zero-order valence-electron chi connectivity index (χ0n) is 9.86. The molecule has 0 fully saturated rings. The summed E-state index contributed by atoms with van der Waals surface area (Å²) < 4.78 is 1.77. The van der Waals surface area contributed by atoms with Crippen LogP contribution in [0.3, 0.4) is 0 Å². The molecule has 3 heteroatoms. The number of rotatable bonds is 6. The van der Waals surface area contributed by atoms with E-state index in [-0.39, 0.29) is 5.92 Å². The van der Waals surface area contributed by atoms with Crippen LogP contribution >= 0.6 is 0 Å². The number of aromatic nitrogens is 2. The zero-order valence-corrected chi connectivity index (χ0v) is 9.86. The summed E-state index contributed by atoms with van der Waals surface area (Å²) in [5, 5.41) is 4.08. The summed E-state index contributed by atoms with van der Waals surface area (Å²) in [6.45, 7) is 4.14. The highest BCUT2D eigenvalue weighted by atomic mass is 16.1. The lowest BCUT2D eigenvalue weighted by Gasteiger charge is -2.07. The summed E-state index contributed by atoms with van der Waals surface area (Å²) in [7, 11) is 1.89. The van der Waals surface area contributed by atoms with Crippen molar-refractivity contribution in [3.8, 4) is 0 Å². The minimum Gasteiger partial charge on any atom is -0.299 e. The fourth-order valence-corrected chi connectivity index (χ4v) is 1.71. The number of Topliss-reactive ketones (excluding diaryl/α,β-unsaturated/α-hetero) is 1. The van der Waals surface area contributed by atoms with Gasteiger partial charge in [0.05, 0.1) is 6.20 Å². The maximum Gasteiger partial charge on any atom is 0.136 e. The molecule has 1 atom stereocenters. The molecule has 0 N–H and O–H groups in total. The zero-order chi connectivity index (χ0) is 11.3. The highest BCUT2D eigenvalue weighted by Crippen LogP contribution is 2.11. The molecular formula is C12H20N2O. The van der Waals surface area contributed by atoms with E-state index in [2.05, 4.69) is 12.0 Å². The smallest absolute Gasteiger partial charge is 0.136 e. The molecule has 1 rings (SSSR count). The number of carbonyl (C=O) groups is 1. The monoisotopic (exact) mass is 208 g/mol. The summed E-state index contributed by atoms with van der Waals surface area (Å²) in [6, 6.07) is 0. The molecule has 1 aromatic rings. The van der Waals surface area contributed by atoms with E-state index >= 15 is 0 Å². The van der Waals surface area contributed by atoms with Gasteiger partial charge in [0.2, 0.25) is 0 Å². The third kappa shape index (κ3) is 3.86. The summed E-state index contributed by atoms with van der Waals surface area (Å²) in [4.78, 5) is 11.7. The van der Waals surface area contributed by atoms with Gasteiger partial charge >= 0.3 is 0 Å². The van der Waals surface area contributed by atoms with Gasteiger partial charge in [-0.1, -0.05) is 20.3 Å². The highest BCUT2D eigenvalue weighted by molar-refractivity contribution is 5.80. The minimum absolute atomic E-state index is 0.215. The largest absolute Gasteiger partial charge is 0.299 e. The van der Waals surface area contributed by atoms with E-state index in [1.165, 1.54) is 0 Å². The first-order valence-electron chi connectivity index (χ1n) is 5.63. The fraction of sp³-hybridized carbons (Fsp3) is 0.667.